The van der Waals surface area contributed by atoms with E-state index in [2.05, 4.69) is 10.6 Å². The van der Waals surface area contributed by atoms with E-state index < -0.39 is 6.04 Å². The summed E-state index contributed by atoms with van der Waals surface area (Å²) in [5.74, 6) is 1.59. The molecule has 1 atom stereocenters. The minimum absolute atomic E-state index is 0.238. The lowest BCUT2D eigenvalue weighted by molar-refractivity contribution is -0.123. The van der Waals surface area contributed by atoms with Crippen LogP contribution in [0.25, 0.3) is 11.3 Å². The van der Waals surface area contributed by atoms with Crippen LogP contribution in [0.15, 0.2) is 71.1 Å². The highest BCUT2D eigenvalue weighted by Crippen LogP contribution is 2.23. The molecule has 2 aromatic carbocycles. The third-order valence-electron chi connectivity index (χ3n) is 4.50. The lowest BCUT2D eigenvalue weighted by Crippen LogP contribution is -2.46. The monoisotopic (exact) mass is 442 g/mol. The van der Waals surface area contributed by atoms with E-state index in [1.165, 1.54) is 0 Å². The summed E-state index contributed by atoms with van der Waals surface area (Å²) < 4.78 is 5.82. The summed E-state index contributed by atoms with van der Waals surface area (Å²) in [7, 11) is 0. The molecule has 1 heterocycles. The van der Waals surface area contributed by atoms with Crippen molar-refractivity contribution < 1.29 is 14.0 Å². The first-order valence-corrected chi connectivity index (χ1v) is 11.3. The van der Waals surface area contributed by atoms with Crippen LogP contribution in [-0.2, 0) is 11.3 Å². The molecule has 2 N–H and O–H groups in total. The summed E-state index contributed by atoms with van der Waals surface area (Å²) in [6.45, 7) is 0.239. The largest absolute Gasteiger partial charge is 0.459 e. The smallest absolute Gasteiger partial charge is 0.251 e. The van der Waals surface area contributed by atoms with Gasteiger partial charge in [0.1, 0.15) is 17.6 Å². The van der Waals surface area contributed by atoms with Crippen molar-refractivity contribution in [3.63, 3.8) is 0 Å². The van der Waals surface area contributed by atoms with Crippen LogP contribution in [0.2, 0.25) is 5.02 Å². The normalized spacial score (nSPS) is 11.7. The molecule has 156 valence electrons. The number of hydrogen-bond donors (Lipinski definition) is 2. The molecule has 5 nitrogen and oxygen atoms in total. The van der Waals surface area contributed by atoms with Gasteiger partial charge in [0.05, 0.1) is 6.54 Å². The number of thioether (sulfide) groups is 1. The first-order valence-electron chi connectivity index (χ1n) is 9.54. The molecule has 0 aliphatic rings. The third kappa shape index (κ3) is 6.15. The number of carbonyl (C=O) groups is 2. The minimum atomic E-state index is -0.615. The summed E-state index contributed by atoms with van der Waals surface area (Å²) in [5, 5.41) is 6.35. The van der Waals surface area contributed by atoms with Gasteiger partial charge >= 0.3 is 0 Å². The average Bonchev–Trinajstić information content (AvgIpc) is 3.25. The molecule has 0 unspecified atom stereocenters. The van der Waals surface area contributed by atoms with Gasteiger partial charge in [-0.2, -0.15) is 11.8 Å². The highest BCUT2D eigenvalue weighted by Gasteiger charge is 2.21. The van der Waals surface area contributed by atoms with E-state index in [9.17, 15) is 9.59 Å². The van der Waals surface area contributed by atoms with E-state index in [-0.39, 0.29) is 18.4 Å². The van der Waals surface area contributed by atoms with E-state index in [0.717, 1.165) is 11.3 Å². The van der Waals surface area contributed by atoms with Gasteiger partial charge in [0.25, 0.3) is 5.91 Å². The van der Waals surface area contributed by atoms with Crippen LogP contribution in [0.3, 0.4) is 0 Å². The molecule has 0 spiro atoms. The quantitative estimate of drug-likeness (QED) is 0.500. The maximum Gasteiger partial charge on any atom is 0.251 e. The molecule has 7 heteroatoms. The summed E-state index contributed by atoms with van der Waals surface area (Å²) in [6, 6.07) is 19.3. The number of halogens is 1. The van der Waals surface area contributed by atoms with Gasteiger partial charge in [-0.3, -0.25) is 9.59 Å². The fourth-order valence-corrected chi connectivity index (χ4v) is 3.47. The van der Waals surface area contributed by atoms with Crippen molar-refractivity contribution in [1.82, 2.24) is 10.6 Å². The Balaban J connectivity index is 1.60. The Morgan fingerprint density at radius 2 is 1.77 bits per heavy atom. The number of carbonyl (C=O) groups excluding carboxylic acids is 2. The van der Waals surface area contributed by atoms with Crippen molar-refractivity contribution in [2.24, 2.45) is 0 Å². The fourth-order valence-electron chi connectivity index (χ4n) is 2.88. The Kier molecular flexibility index (Phi) is 7.99. The van der Waals surface area contributed by atoms with Crippen LogP contribution < -0.4 is 10.6 Å². The lowest BCUT2D eigenvalue weighted by Gasteiger charge is -2.18. The molecule has 0 fully saturated rings. The number of furan rings is 1. The molecular formula is C23H23ClN2O3S. The van der Waals surface area contributed by atoms with Crippen LogP contribution in [0.5, 0.6) is 0 Å². The standard InChI is InChI=1S/C23H23ClN2O3S/c1-30-14-13-20(26-22(27)17-5-3-2-4-6-17)23(28)25-15-19-11-12-21(29-19)16-7-9-18(24)10-8-16/h2-12,20H,13-15H2,1H3,(H,25,28)(H,26,27)/t20-/m1/s1. The van der Waals surface area contributed by atoms with Crippen molar-refractivity contribution in [2.45, 2.75) is 19.0 Å². The molecule has 0 radical (unpaired) electrons. The minimum Gasteiger partial charge on any atom is -0.459 e. The number of rotatable bonds is 9. The van der Waals surface area contributed by atoms with Crippen LogP contribution in [0.1, 0.15) is 22.5 Å². The first-order chi connectivity index (χ1) is 14.6. The van der Waals surface area contributed by atoms with Gasteiger partial charge in [-0.25, -0.2) is 0 Å². The predicted octanol–water partition coefficient (Wildman–Crippen LogP) is 4.77. The molecule has 0 bridgehead atoms. The maximum atomic E-state index is 12.7. The van der Waals surface area contributed by atoms with Crippen LogP contribution in [0.4, 0.5) is 0 Å². The van der Waals surface area contributed by atoms with Crippen molar-refractivity contribution in [3.8, 4) is 11.3 Å². The van der Waals surface area contributed by atoms with E-state index in [1.54, 1.807) is 48.2 Å². The number of nitrogens with one attached hydrogen (secondary N) is 2. The molecule has 0 aliphatic carbocycles. The maximum absolute atomic E-state index is 12.7. The van der Waals surface area contributed by atoms with Crippen molar-refractivity contribution >= 4 is 35.2 Å². The van der Waals surface area contributed by atoms with Gasteiger partial charge in [0.15, 0.2) is 0 Å². The molecule has 0 saturated carbocycles. The SMILES string of the molecule is CSCC[C@@H](NC(=O)c1ccccc1)C(=O)NCc1ccc(-c2ccc(Cl)cc2)o1. The van der Waals surface area contributed by atoms with E-state index in [1.807, 2.05) is 36.6 Å². The topological polar surface area (TPSA) is 71.3 Å². The number of amides is 2. The Morgan fingerprint density at radius 3 is 2.47 bits per heavy atom. The molecule has 3 aromatic rings. The zero-order chi connectivity index (χ0) is 21.3. The highest BCUT2D eigenvalue weighted by molar-refractivity contribution is 7.98. The van der Waals surface area contributed by atoms with Gasteiger partial charge in [0, 0.05) is 16.1 Å². The molecule has 0 saturated heterocycles. The Bertz CT molecular complexity index is 974. The van der Waals surface area contributed by atoms with Crippen molar-refractivity contribution in [1.29, 1.82) is 0 Å². The Labute approximate surface area is 185 Å². The number of benzene rings is 2. The van der Waals surface area contributed by atoms with E-state index in [4.69, 9.17) is 16.0 Å². The van der Waals surface area contributed by atoms with Gasteiger partial charge in [-0.15, -0.1) is 0 Å². The summed E-state index contributed by atoms with van der Waals surface area (Å²) >= 11 is 7.55. The summed E-state index contributed by atoms with van der Waals surface area (Å²) in [4.78, 5) is 25.2. The van der Waals surface area contributed by atoms with Crippen molar-refractivity contribution in [3.05, 3.63) is 83.1 Å². The first kappa shape index (κ1) is 22.0. The third-order valence-corrected chi connectivity index (χ3v) is 5.39. The summed E-state index contributed by atoms with van der Waals surface area (Å²) in [6.07, 6.45) is 2.51. The van der Waals surface area contributed by atoms with Crippen molar-refractivity contribution in [2.75, 3.05) is 12.0 Å². The zero-order valence-electron chi connectivity index (χ0n) is 16.6. The fraction of sp³-hybridized carbons (Fsp3) is 0.217. The molecule has 2 amide bonds. The Morgan fingerprint density at radius 1 is 1.03 bits per heavy atom. The predicted molar refractivity (Wildman–Crippen MR) is 122 cm³/mol. The summed E-state index contributed by atoms with van der Waals surface area (Å²) in [5.41, 5.74) is 1.43. The second kappa shape index (κ2) is 10.9. The van der Waals surface area contributed by atoms with Gasteiger partial charge < -0.3 is 15.1 Å². The van der Waals surface area contributed by atoms with E-state index in [0.29, 0.717) is 28.5 Å². The second-order valence-corrected chi connectivity index (χ2v) is 8.09. The number of hydrogen-bond acceptors (Lipinski definition) is 4. The molecule has 0 aliphatic heterocycles. The van der Waals surface area contributed by atoms with E-state index >= 15 is 0 Å². The lowest BCUT2D eigenvalue weighted by atomic mass is 10.1. The van der Waals surface area contributed by atoms with Gasteiger partial charge in [-0.05, 0) is 67.0 Å². The van der Waals surface area contributed by atoms with Gasteiger partial charge in [-0.1, -0.05) is 29.8 Å². The van der Waals surface area contributed by atoms with Crippen LogP contribution in [0, 0.1) is 0 Å². The second-order valence-electron chi connectivity index (χ2n) is 6.66. The zero-order valence-corrected chi connectivity index (χ0v) is 18.1. The molecule has 3 rings (SSSR count). The molecular weight excluding hydrogens is 420 g/mol. The van der Waals surface area contributed by atoms with Gasteiger partial charge in [0.2, 0.25) is 5.91 Å². The molecule has 1 aromatic heterocycles. The highest BCUT2D eigenvalue weighted by atomic mass is 35.5. The van der Waals surface area contributed by atoms with Crippen LogP contribution in [-0.4, -0.2) is 29.9 Å². The average molecular weight is 443 g/mol. The molecule has 30 heavy (non-hydrogen) atoms. The van der Waals surface area contributed by atoms with Crippen LogP contribution >= 0.6 is 23.4 Å². The Hall–Kier alpha value is -2.70.